The zero-order valence-electron chi connectivity index (χ0n) is 11.9. The van der Waals surface area contributed by atoms with Crippen molar-refractivity contribution in [2.45, 2.75) is 19.8 Å². The van der Waals surface area contributed by atoms with Crippen molar-refractivity contribution >= 4 is 28.8 Å². The predicted molar refractivity (Wildman–Crippen MR) is 90.5 cm³/mol. The van der Waals surface area contributed by atoms with Crippen LogP contribution in [0, 0.1) is 6.92 Å². The molecule has 0 aliphatic heterocycles. The van der Waals surface area contributed by atoms with Crippen LogP contribution in [0.3, 0.4) is 0 Å². The van der Waals surface area contributed by atoms with Gasteiger partial charge in [0.15, 0.2) is 0 Å². The number of hydrogen-bond acceptors (Lipinski definition) is 2. The number of nitrogens with one attached hydrogen (secondary N) is 1. The third-order valence-electron chi connectivity index (χ3n) is 3.28. The van der Waals surface area contributed by atoms with Crippen molar-refractivity contribution < 1.29 is 4.79 Å². The highest BCUT2D eigenvalue weighted by Gasteiger charge is 2.07. The number of carbonyl (C=O) groups is 1. The zero-order valence-corrected chi connectivity index (χ0v) is 12.7. The van der Waals surface area contributed by atoms with Gasteiger partial charge < -0.3 is 11.1 Å². The highest BCUT2D eigenvalue weighted by atomic mass is 32.1. The molecule has 0 radical (unpaired) electrons. The third-order valence-corrected chi connectivity index (χ3v) is 3.52. The standard InChI is InChI=1S/C17H18N2OS/c1-12-7-9-14(17(18)21)11-15(12)19-16(20)10-8-13-5-3-2-4-6-13/h2-7,9,11H,8,10H2,1H3,(H2,18,21)(H,19,20). The van der Waals surface area contributed by atoms with Gasteiger partial charge in [0.2, 0.25) is 5.91 Å². The Balaban J connectivity index is 1.99. The molecule has 0 saturated carbocycles. The molecule has 0 aliphatic carbocycles. The summed E-state index contributed by atoms with van der Waals surface area (Å²) < 4.78 is 0. The predicted octanol–water partition coefficient (Wildman–Crippen LogP) is 3.20. The van der Waals surface area contributed by atoms with Crippen LogP contribution in [0.1, 0.15) is 23.1 Å². The average Bonchev–Trinajstić information content (AvgIpc) is 2.48. The lowest BCUT2D eigenvalue weighted by Crippen LogP contribution is -2.15. The molecular weight excluding hydrogens is 280 g/mol. The van der Waals surface area contributed by atoms with E-state index < -0.39 is 0 Å². The van der Waals surface area contributed by atoms with Gasteiger partial charge in [-0.05, 0) is 30.5 Å². The van der Waals surface area contributed by atoms with E-state index in [-0.39, 0.29) is 5.91 Å². The summed E-state index contributed by atoms with van der Waals surface area (Å²) in [5.74, 6) is -0.0120. The normalized spacial score (nSPS) is 10.1. The first kappa shape index (κ1) is 15.2. The van der Waals surface area contributed by atoms with Crippen molar-refractivity contribution in [3.63, 3.8) is 0 Å². The maximum absolute atomic E-state index is 12.0. The van der Waals surface area contributed by atoms with Crippen LogP contribution in [0.25, 0.3) is 0 Å². The Labute approximate surface area is 130 Å². The van der Waals surface area contributed by atoms with Crippen LogP contribution >= 0.6 is 12.2 Å². The van der Waals surface area contributed by atoms with E-state index in [0.717, 1.165) is 28.8 Å². The Morgan fingerprint density at radius 1 is 1.19 bits per heavy atom. The molecule has 0 aliphatic rings. The van der Waals surface area contributed by atoms with Crippen molar-refractivity contribution in [3.8, 4) is 0 Å². The molecule has 3 nitrogen and oxygen atoms in total. The van der Waals surface area contributed by atoms with E-state index >= 15 is 0 Å². The summed E-state index contributed by atoms with van der Waals surface area (Å²) in [6.07, 6.45) is 1.17. The molecule has 2 aromatic carbocycles. The first-order valence-electron chi connectivity index (χ1n) is 6.80. The Morgan fingerprint density at radius 2 is 1.90 bits per heavy atom. The van der Waals surface area contributed by atoms with Crippen molar-refractivity contribution in [1.29, 1.82) is 0 Å². The molecule has 0 fully saturated rings. The SMILES string of the molecule is Cc1ccc(C(N)=S)cc1NC(=O)CCc1ccccc1. The van der Waals surface area contributed by atoms with Gasteiger partial charge in [0.05, 0.1) is 0 Å². The molecule has 0 unspecified atom stereocenters. The Morgan fingerprint density at radius 3 is 2.57 bits per heavy atom. The number of anilines is 1. The lowest BCUT2D eigenvalue weighted by molar-refractivity contribution is -0.116. The van der Waals surface area contributed by atoms with Crippen LogP contribution in [0.5, 0.6) is 0 Å². The van der Waals surface area contributed by atoms with Crippen LogP contribution in [0.2, 0.25) is 0 Å². The summed E-state index contributed by atoms with van der Waals surface area (Å²) >= 11 is 4.96. The second-order valence-corrected chi connectivity index (χ2v) is 5.37. The van der Waals surface area contributed by atoms with E-state index in [0.29, 0.717) is 11.4 Å². The quantitative estimate of drug-likeness (QED) is 0.833. The third kappa shape index (κ3) is 4.39. The summed E-state index contributed by atoms with van der Waals surface area (Å²) in [5, 5.41) is 2.92. The van der Waals surface area contributed by atoms with Gasteiger partial charge in [0.1, 0.15) is 4.99 Å². The van der Waals surface area contributed by atoms with E-state index in [4.69, 9.17) is 18.0 Å². The van der Waals surface area contributed by atoms with Crippen molar-refractivity contribution in [3.05, 3.63) is 65.2 Å². The molecule has 0 saturated heterocycles. The molecule has 0 atom stereocenters. The molecule has 108 valence electrons. The summed E-state index contributed by atoms with van der Waals surface area (Å²) in [4.78, 5) is 12.4. The highest BCUT2D eigenvalue weighted by Crippen LogP contribution is 2.17. The van der Waals surface area contributed by atoms with Crippen LogP contribution < -0.4 is 11.1 Å². The lowest BCUT2D eigenvalue weighted by atomic mass is 10.1. The molecule has 3 N–H and O–H groups in total. The summed E-state index contributed by atoms with van der Waals surface area (Å²) in [6.45, 7) is 1.94. The smallest absolute Gasteiger partial charge is 0.224 e. The largest absolute Gasteiger partial charge is 0.389 e. The lowest BCUT2D eigenvalue weighted by Gasteiger charge is -2.10. The molecule has 0 aromatic heterocycles. The fourth-order valence-corrected chi connectivity index (χ4v) is 2.15. The van der Waals surface area contributed by atoms with Gasteiger partial charge in [-0.1, -0.05) is 54.7 Å². The average molecular weight is 298 g/mol. The van der Waals surface area contributed by atoms with Crippen molar-refractivity contribution in [1.82, 2.24) is 0 Å². The summed E-state index contributed by atoms with van der Waals surface area (Å²) in [5.41, 5.74) is 9.28. The molecular formula is C17H18N2OS. The van der Waals surface area contributed by atoms with Gasteiger partial charge >= 0.3 is 0 Å². The number of hydrogen-bond donors (Lipinski definition) is 2. The second kappa shape index (κ2) is 6.99. The van der Waals surface area contributed by atoms with Crippen LogP contribution in [-0.4, -0.2) is 10.9 Å². The molecule has 0 spiro atoms. The van der Waals surface area contributed by atoms with E-state index in [2.05, 4.69) is 5.32 Å². The molecule has 4 heteroatoms. The molecule has 21 heavy (non-hydrogen) atoms. The number of rotatable bonds is 5. The number of nitrogens with two attached hydrogens (primary N) is 1. The number of aryl methyl sites for hydroxylation is 2. The molecule has 2 aromatic rings. The maximum atomic E-state index is 12.0. The Kier molecular flexibility index (Phi) is 5.06. The molecule has 0 heterocycles. The zero-order chi connectivity index (χ0) is 15.2. The van der Waals surface area contributed by atoms with Crippen LogP contribution in [0.15, 0.2) is 48.5 Å². The van der Waals surface area contributed by atoms with Gasteiger partial charge in [0.25, 0.3) is 0 Å². The van der Waals surface area contributed by atoms with Gasteiger partial charge in [-0.2, -0.15) is 0 Å². The van der Waals surface area contributed by atoms with Gasteiger partial charge in [-0.3, -0.25) is 4.79 Å². The maximum Gasteiger partial charge on any atom is 0.224 e. The van der Waals surface area contributed by atoms with Gasteiger partial charge in [0, 0.05) is 17.7 Å². The first-order chi connectivity index (χ1) is 10.1. The molecule has 1 amide bonds. The van der Waals surface area contributed by atoms with Crippen molar-refractivity contribution in [2.75, 3.05) is 5.32 Å². The van der Waals surface area contributed by atoms with Gasteiger partial charge in [-0.25, -0.2) is 0 Å². The summed E-state index contributed by atoms with van der Waals surface area (Å²) in [7, 11) is 0. The number of carbonyl (C=O) groups excluding carboxylic acids is 1. The fraction of sp³-hybridized carbons (Fsp3) is 0.176. The van der Waals surface area contributed by atoms with E-state index in [1.165, 1.54) is 0 Å². The second-order valence-electron chi connectivity index (χ2n) is 4.93. The van der Waals surface area contributed by atoms with Crippen molar-refractivity contribution in [2.24, 2.45) is 5.73 Å². The Hall–Kier alpha value is -2.20. The first-order valence-corrected chi connectivity index (χ1v) is 7.21. The highest BCUT2D eigenvalue weighted by molar-refractivity contribution is 7.80. The van der Waals surface area contributed by atoms with E-state index in [1.807, 2.05) is 55.5 Å². The number of amides is 1. The van der Waals surface area contributed by atoms with Gasteiger partial charge in [-0.15, -0.1) is 0 Å². The minimum atomic E-state index is -0.0120. The molecule has 0 bridgehead atoms. The van der Waals surface area contributed by atoms with E-state index in [9.17, 15) is 4.79 Å². The Bertz CT molecular complexity index is 653. The topological polar surface area (TPSA) is 55.1 Å². The number of thiocarbonyl (C=S) groups is 1. The van der Waals surface area contributed by atoms with Crippen LogP contribution in [0.4, 0.5) is 5.69 Å². The fourth-order valence-electron chi connectivity index (χ4n) is 2.03. The minimum absolute atomic E-state index is 0.0120. The van der Waals surface area contributed by atoms with Crippen LogP contribution in [-0.2, 0) is 11.2 Å². The molecule has 2 rings (SSSR count). The number of benzene rings is 2. The summed E-state index contributed by atoms with van der Waals surface area (Å²) in [6, 6.07) is 15.5. The monoisotopic (exact) mass is 298 g/mol. The minimum Gasteiger partial charge on any atom is -0.389 e. The van der Waals surface area contributed by atoms with E-state index in [1.54, 1.807) is 0 Å².